The number of nitrogens with zero attached hydrogens (tertiary/aromatic N) is 1. The summed E-state index contributed by atoms with van der Waals surface area (Å²) in [5.74, 6) is 0. The summed E-state index contributed by atoms with van der Waals surface area (Å²) in [7, 11) is 0. The summed E-state index contributed by atoms with van der Waals surface area (Å²) in [6, 6.07) is 0.753. The molecule has 60 valence electrons. The van der Waals surface area contributed by atoms with Gasteiger partial charge >= 0.3 is 0 Å². The molecule has 1 heterocycles. The fourth-order valence-electron chi connectivity index (χ4n) is 1.17. The Hall–Kier alpha value is 0.270. The average molecular weight is 160 g/mol. The fraction of sp³-hybridized carbons (Fsp3) is 1.00. The van der Waals surface area contributed by atoms with E-state index in [0.717, 1.165) is 6.04 Å². The first-order valence-corrected chi connectivity index (χ1v) is 4.81. The molecule has 1 aliphatic rings. The lowest BCUT2D eigenvalue weighted by Gasteiger charge is -2.41. The Labute approximate surface area is 67.3 Å². The van der Waals surface area contributed by atoms with Gasteiger partial charge in [-0.05, 0) is 13.3 Å². The minimum absolute atomic E-state index is 0.703. The number of hydrogen-bond acceptors (Lipinski definition) is 3. The van der Waals surface area contributed by atoms with Crippen LogP contribution in [0.3, 0.4) is 0 Å². The highest BCUT2D eigenvalue weighted by atomic mass is 32.2. The second-order valence-corrected chi connectivity index (χ2v) is 3.91. The zero-order valence-corrected chi connectivity index (χ0v) is 7.53. The normalized spacial score (nSPS) is 24.3. The maximum atomic E-state index is 5.43. The van der Waals surface area contributed by atoms with E-state index in [9.17, 15) is 0 Å². The average Bonchev–Trinajstić information content (AvgIpc) is 1.85. The van der Waals surface area contributed by atoms with Gasteiger partial charge in [-0.15, -0.1) is 0 Å². The van der Waals surface area contributed by atoms with Crippen molar-refractivity contribution in [3.63, 3.8) is 0 Å². The van der Waals surface area contributed by atoms with Gasteiger partial charge in [0, 0.05) is 24.4 Å². The van der Waals surface area contributed by atoms with Crippen LogP contribution in [0.15, 0.2) is 0 Å². The molecule has 1 aliphatic heterocycles. The highest BCUT2D eigenvalue weighted by Crippen LogP contribution is 2.20. The minimum Gasteiger partial charge on any atom is -0.298 e. The zero-order chi connectivity index (χ0) is 7.56. The van der Waals surface area contributed by atoms with E-state index in [1.165, 1.54) is 31.5 Å². The first-order valence-electron chi connectivity index (χ1n) is 3.87. The summed E-state index contributed by atoms with van der Waals surface area (Å²) in [6.07, 6.45) is 1.25. The summed E-state index contributed by atoms with van der Waals surface area (Å²) >= 11 is 1.50. The molecular formula is C7H16N2S. The van der Waals surface area contributed by atoms with Crippen LogP contribution in [0.4, 0.5) is 0 Å². The molecule has 1 rings (SSSR count). The lowest BCUT2D eigenvalue weighted by Crippen LogP contribution is -2.53. The number of nitrogens with two attached hydrogens (primary N) is 1. The Kier molecular flexibility index (Phi) is 3.01. The number of likely N-dealkylation sites (tertiary alicyclic amines) is 1. The molecule has 0 aliphatic carbocycles. The van der Waals surface area contributed by atoms with Gasteiger partial charge in [-0.1, -0.05) is 18.9 Å². The Balaban J connectivity index is 2.13. The lowest BCUT2D eigenvalue weighted by atomic mass is 10.1. The molecule has 3 heteroatoms. The molecule has 1 atom stereocenters. The molecule has 0 amide bonds. The third-order valence-corrected chi connectivity index (χ3v) is 2.97. The first-order chi connectivity index (χ1) is 4.77. The predicted molar refractivity (Wildman–Crippen MR) is 46.9 cm³/mol. The third kappa shape index (κ3) is 1.65. The van der Waals surface area contributed by atoms with E-state index >= 15 is 0 Å². The molecule has 0 bridgehead atoms. The Morgan fingerprint density at radius 1 is 1.70 bits per heavy atom. The maximum Gasteiger partial charge on any atom is 0.0445 e. The molecule has 0 aromatic rings. The van der Waals surface area contributed by atoms with Gasteiger partial charge in [0.1, 0.15) is 0 Å². The second-order valence-electron chi connectivity index (χ2n) is 2.97. The largest absolute Gasteiger partial charge is 0.298 e. The van der Waals surface area contributed by atoms with Gasteiger partial charge in [-0.25, -0.2) is 0 Å². The van der Waals surface area contributed by atoms with Gasteiger partial charge in [0.25, 0.3) is 0 Å². The predicted octanol–water partition coefficient (Wildman–Crippen LogP) is 1.08. The third-order valence-electron chi connectivity index (χ3n) is 2.28. The van der Waals surface area contributed by atoms with Crippen LogP contribution >= 0.6 is 11.9 Å². The van der Waals surface area contributed by atoms with Crippen molar-refractivity contribution in [2.75, 3.05) is 13.1 Å². The number of rotatable bonds is 3. The van der Waals surface area contributed by atoms with Crippen LogP contribution in [0.5, 0.6) is 0 Å². The van der Waals surface area contributed by atoms with Crippen LogP contribution in [0.25, 0.3) is 0 Å². The van der Waals surface area contributed by atoms with Gasteiger partial charge in [0.15, 0.2) is 0 Å². The van der Waals surface area contributed by atoms with Crippen LogP contribution in [0.2, 0.25) is 0 Å². The van der Waals surface area contributed by atoms with E-state index < -0.39 is 0 Å². The van der Waals surface area contributed by atoms with E-state index in [-0.39, 0.29) is 0 Å². The van der Waals surface area contributed by atoms with Gasteiger partial charge < -0.3 is 0 Å². The zero-order valence-electron chi connectivity index (χ0n) is 6.71. The summed E-state index contributed by atoms with van der Waals surface area (Å²) in [5.41, 5.74) is 0. The van der Waals surface area contributed by atoms with Crippen LogP contribution in [0, 0.1) is 0 Å². The molecule has 0 radical (unpaired) electrons. The van der Waals surface area contributed by atoms with E-state index in [0.29, 0.717) is 5.25 Å². The van der Waals surface area contributed by atoms with E-state index in [2.05, 4.69) is 18.7 Å². The van der Waals surface area contributed by atoms with Crippen molar-refractivity contribution >= 4 is 11.9 Å². The molecule has 0 aromatic heterocycles. The first kappa shape index (κ1) is 8.37. The van der Waals surface area contributed by atoms with Crippen molar-refractivity contribution in [1.29, 1.82) is 0 Å². The van der Waals surface area contributed by atoms with Crippen LogP contribution in [-0.4, -0.2) is 29.3 Å². The number of hydrogen-bond donors (Lipinski definition) is 1. The quantitative estimate of drug-likeness (QED) is 0.626. The highest BCUT2D eigenvalue weighted by Gasteiger charge is 2.28. The molecule has 0 spiro atoms. The Bertz CT molecular complexity index is 102. The van der Waals surface area contributed by atoms with Crippen LogP contribution in [-0.2, 0) is 0 Å². The van der Waals surface area contributed by atoms with Crippen molar-refractivity contribution < 1.29 is 0 Å². The molecule has 2 nitrogen and oxygen atoms in total. The highest BCUT2D eigenvalue weighted by molar-refractivity contribution is 7.97. The van der Waals surface area contributed by atoms with E-state index in [1.54, 1.807) is 0 Å². The molecule has 1 saturated heterocycles. The molecule has 2 N–H and O–H groups in total. The molecule has 10 heavy (non-hydrogen) atoms. The van der Waals surface area contributed by atoms with Crippen LogP contribution in [0.1, 0.15) is 20.3 Å². The van der Waals surface area contributed by atoms with Gasteiger partial charge in [-0.3, -0.25) is 10.0 Å². The van der Waals surface area contributed by atoms with Crippen molar-refractivity contribution in [3.8, 4) is 0 Å². The van der Waals surface area contributed by atoms with Crippen molar-refractivity contribution in [2.24, 2.45) is 5.14 Å². The molecule has 0 saturated carbocycles. The summed E-state index contributed by atoms with van der Waals surface area (Å²) in [5, 5.41) is 6.13. The fourth-order valence-corrected chi connectivity index (χ4v) is 1.73. The van der Waals surface area contributed by atoms with Gasteiger partial charge in [0.05, 0.1) is 0 Å². The molecule has 1 unspecified atom stereocenters. The summed E-state index contributed by atoms with van der Waals surface area (Å²) in [6.45, 7) is 6.89. The Morgan fingerprint density at radius 3 is 2.70 bits per heavy atom. The summed E-state index contributed by atoms with van der Waals surface area (Å²) < 4.78 is 0. The van der Waals surface area contributed by atoms with E-state index in [4.69, 9.17) is 5.14 Å². The monoisotopic (exact) mass is 160 g/mol. The maximum absolute atomic E-state index is 5.43. The summed E-state index contributed by atoms with van der Waals surface area (Å²) in [4.78, 5) is 2.48. The Morgan fingerprint density at radius 2 is 2.30 bits per heavy atom. The van der Waals surface area contributed by atoms with Crippen LogP contribution < -0.4 is 5.14 Å². The van der Waals surface area contributed by atoms with Crippen molar-refractivity contribution in [1.82, 2.24) is 4.90 Å². The molecule has 0 aromatic carbocycles. The smallest absolute Gasteiger partial charge is 0.0445 e. The molecular weight excluding hydrogens is 144 g/mol. The van der Waals surface area contributed by atoms with E-state index in [1.807, 2.05) is 0 Å². The molecule has 1 fully saturated rings. The lowest BCUT2D eigenvalue weighted by molar-refractivity contribution is 0.133. The standard InChI is InChI=1S/C7H16N2S/c1-3-6(2)9-4-7(5-9)10-8/h6-7H,3-5,8H2,1-2H3. The van der Waals surface area contributed by atoms with Gasteiger partial charge in [-0.2, -0.15) is 0 Å². The van der Waals surface area contributed by atoms with Gasteiger partial charge in [0.2, 0.25) is 0 Å². The van der Waals surface area contributed by atoms with Crippen molar-refractivity contribution in [3.05, 3.63) is 0 Å². The SMILES string of the molecule is CCC(C)N1CC(SN)C1. The second kappa shape index (κ2) is 3.60. The topological polar surface area (TPSA) is 29.3 Å². The minimum atomic E-state index is 0.703. The van der Waals surface area contributed by atoms with Crippen molar-refractivity contribution in [2.45, 2.75) is 31.6 Å².